The van der Waals surface area contributed by atoms with Gasteiger partial charge in [0.1, 0.15) is 5.82 Å². The number of benzene rings is 3. The summed E-state index contributed by atoms with van der Waals surface area (Å²) in [5, 5.41) is 10.6. The molecule has 0 radical (unpaired) electrons. The number of likely N-dealkylation sites (tertiary alicyclic amines) is 1. The van der Waals surface area contributed by atoms with Crippen LogP contribution in [0.5, 0.6) is 0 Å². The number of fused-ring (bicyclic) bond motifs is 1. The Balaban J connectivity index is 0.967. The molecule has 4 heterocycles. The number of ether oxygens (including phenoxy) is 1. The molecule has 0 spiro atoms. The molecule has 2 aliphatic heterocycles. The highest BCUT2D eigenvalue weighted by Gasteiger charge is 2.48. The van der Waals surface area contributed by atoms with Gasteiger partial charge in [0.25, 0.3) is 5.91 Å². The number of halogens is 3. The van der Waals surface area contributed by atoms with Crippen LogP contribution in [-0.2, 0) is 14.3 Å². The summed E-state index contributed by atoms with van der Waals surface area (Å²) in [5.41, 5.74) is 2.35. The van der Waals surface area contributed by atoms with Crippen LogP contribution in [0.3, 0.4) is 0 Å². The van der Waals surface area contributed by atoms with Gasteiger partial charge in [-0.3, -0.25) is 19.6 Å². The van der Waals surface area contributed by atoms with E-state index in [-0.39, 0.29) is 37.8 Å². The van der Waals surface area contributed by atoms with E-state index in [9.17, 15) is 22.8 Å². The summed E-state index contributed by atoms with van der Waals surface area (Å²) >= 11 is 0. The van der Waals surface area contributed by atoms with Crippen molar-refractivity contribution in [1.29, 1.82) is 0 Å². The summed E-state index contributed by atoms with van der Waals surface area (Å²) in [7, 11) is 0. The number of hydrogen-bond donors (Lipinski definition) is 2. The summed E-state index contributed by atoms with van der Waals surface area (Å²) in [6.45, 7) is -0.854. The molecule has 2 amide bonds. The first-order valence-electron chi connectivity index (χ1n) is 15.9. The Hall–Kier alpha value is -5.34. The molecule has 14 heteroatoms. The van der Waals surface area contributed by atoms with Crippen molar-refractivity contribution < 1.29 is 27.5 Å². The molecule has 11 nitrogen and oxygen atoms in total. The number of alkyl halides is 2. The monoisotopic (exact) mass is 670 g/mol. The second kappa shape index (κ2) is 13.6. The van der Waals surface area contributed by atoms with Crippen LogP contribution in [0.2, 0.25) is 0 Å². The lowest BCUT2D eigenvalue weighted by atomic mass is 10.0. The largest absolute Gasteiger partial charge is 0.368 e. The molecule has 252 valence electrons. The van der Waals surface area contributed by atoms with Crippen LogP contribution < -0.4 is 10.2 Å². The number of rotatable bonds is 9. The molecule has 1 atom stereocenters. The van der Waals surface area contributed by atoms with Gasteiger partial charge in [0.15, 0.2) is 11.4 Å². The zero-order chi connectivity index (χ0) is 34.0. The van der Waals surface area contributed by atoms with Crippen molar-refractivity contribution in [2.75, 3.05) is 56.0 Å². The van der Waals surface area contributed by atoms with Crippen molar-refractivity contribution in [2.45, 2.75) is 18.6 Å². The van der Waals surface area contributed by atoms with E-state index in [1.807, 2.05) is 24.3 Å². The first-order valence-corrected chi connectivity index (χ1v) is 15.9. The Morgan fingerprint density at radius 1 is 0.918 bits per heavy atom. The highest BCUT2D eigenvalue weighted by atomic mass is 19.3. The van der Waals surface area contributed by atoms with Crippen molar-refractivity contribution in [3.63, 3.8) is 0 Å². The number of carbonyl (C=O) groups is 2. The molecule has 7 rings (SSSR count). The number of amides is 2. The predicted octanol–water partition coefficient (Wildman–Crippen LogP) is 4.80. The number of nitrogens with zero attached hydrogens (tertiary/aromatic N) is 6. The topological polar surface area (TPSA) is 120 Å². The van der Waals surface area contributed by atoms with Crippen LogP contribution in [0, 0.1) is 5.82 Å². The molecule has 2 aromatic heterocycles. The van der Waals surface area contributed by atoms with Crippen LogP contribution in [0.25, 0.3) is 33.5 Å². The third-order valence-corrected chi connectivity index (χ3v) is 9.03. The van der Waals surface area contributed by atoms with Gasteiger partial charge >= 0.3 is 6.61 Å². The number of aromatic amines is 1. The van der Waals surface area contributed by atoms with E-state index in [1.165, 1.54) is 12.1 Å². The lowest BCUT2D eigenvalue weighted by molar-refractivity contribution is -0.204. The fourth-order valence-corrected chi connectivity index (χ4v) is 6.44. The van der Waals surface area contributed by atoms with Gasteiger partial charge < -0.3 is 19.9 Å². The lowest BCUT2D eigenvalue weighted by Gasteiger charge is -2.37. The zero-order valence-corrected chi connectivity index (χ0v) is 26.4. The van der Waals surface area contributed by atoms with E-state index in [1.54, 1.807) is 58.6 Å². The van der Waals surface area contributed by atoms with Gasteiger partial charge in [0.05, 0.1) is 17.8 Å². The van der Waals surface area contributed by atoms with Crippen molar-refractivity contribution in [2.24, 2.45) is 0 Å². The molecular weight excluding hydrogens is 637 g/mol. The maximum absolute atomic E-state index is 13.7. The van der Waals surface area contributed by atoms with E-state index in [4.69, 9.17) is 4.74 Å². The van der Waals surface area contributed by atoms with Crippen LogP contribution in [0.1, 0.15) is 6.42 Å². The highest BCUT2D eigenvalue weighted by Crippen LogP contribution is 2.32. The Labute approximate surface area is 279 Å². The molecule has 5 aromatic rings. The van der Waals surface area contributed by atoms with Gasteiger partial charge in [0, 0.05) is 79.6 Å². The third kappa shape index (κ3) is 6.96. The summed E-state index contributed by atoms with van der Waals surface area (Å²) in [6.07, 6.45) is 3.39. The Morgan fingerprint density at radius 2 is 1.63 bits per heavy atom. The van der Waals surface area contributed by atoms with Gasteiger partial charge in [-0.25, -0.2) is 14.4 Å². The maximum atomic E-state index is 13.7. The molecule has 1 unspecified atom stereocenters. The minimum atomic E-state index is -3.19. The van der Waals surface area contributed by atoms with Crippen molar-refractivity contribution >= 4 is 34.1 Å². The Kier molecular flexibility index (Phi) is 8.97. The van der Waals surface area contributed by atoms with Crippen LogP contribution in [-0.4, -0.2) is 99.8 Å². The minimum Gasteiger partial charge on any atom is -0.368 e. The molecule has 0 saturated carbocycles. The Morgan fingerprint density at radius 3 is 2.35 bits per heavy atom. The second-order valence-electron chi connectivity index (χ2n) is 12.1. The summed E-state index contributed by atoms with van der Waals surface area (Å²) in [6, 6.07) is 20.6. The molecule has 2 saturated heterocycles. The number of anilines is 2. The van der Waals surface area contributed by atoms with Crippen molar-refractivity contribution in [3.05, 3.63) is 91.0 Å². The number of nitrogens with one attached hydrogen (secondary N) is 2. The minimum absolute atomic E-state index is 0.0109. The molecular formula is C35H33F3N8O3. The van der Waals surface area contributed by atoms with Gasteiger partial charge in [0.2, 0.25) is 5.91 Å². The summed E-state index contributed by atoms with van der Waals surface area (Å²) in [5.74, 6) is -0.594. The van der Waals surface area contributed by atoms with Crippen molar-refractivity contribution in [1.82, 2.24) is 30.0 Å². The molecule has 2 aliphatic rings. The molecule has 0 aliphatic carbocycles. The average Bonchev–Trinajstić information content (AvgIpc) is 3.73. The standard InChI is InChI=1S/C35H33F3N8O3/c36-25-6-2-23(3-7-25)31-28-20-26(8-11-29(28)42-43-31)41-33(48)35(49-34(37)38)12-15-44(22-35)21-30(47)46-18-16-45(17-19-46)27-9-4-24(5-10-27)32-39-13-1-14-40-32/h1-11,13-14,20,34H,12,15-19,21-22H2,(H,41,48)(H,42,43). The van der Waals surface area contributed by atoms with E-state index in [0.717, 1.165) is 11.3 Å². The first kappa shape index (κ1) is 32.2. The predicted molar refractivity (Wildman–Crippen MR) is 177 cm³/mol. The van der Waals surface area contributed by atoms with Gasteiger partial charge in [-0.2, -0.15) is 13.9 Å². The maximum Gasteiger partial charge on any atom is 0.346 e. The summed E-state index contributed by atoms with van der Waals surface area (Å²) < 4.78 is 45.8. The molecule has 3 aromatic carbocycles. The van der Waals surface area contributed by atoms with Crippen molar-refractivity contribution in [3.8, 4) is 22.6 Å². The van der Waals surface area contributed by atoms with Gasteiger partial charge in [-0.15, -0.1) is 0 Å². The Bertz CT molecular complexity index is 1930. The highest BCUT2D eigenvalue weighted by molar-refractivity contribution is 6.01. The average molecular weight is 671 g/mol. The number of H-pyrrole nitrogens is 1. The van der Waals surface area contributed by atoms with Crippen LogP contribution in [0.4, 0.5) is 24.5 Å². The third-order valence-electron chi connectivity index (χ3n) is 9.03. The fourth-order valence-electron chi connectivity index (χ4n) is 6.44. The second-order valence-corrected chi connectivity index (χ2v) is 12.1. The van der Waals surface area contributed by atoms with Crippen LogP contribution in [0.15, 0.2) is 85.2 Å². The lowest BCUT2D eigenvalue weighted by Crippen LogP contribution is -2.52. The number of aromatic nitrogens is 4. The molecule has 2 N–H and O–H groups in total. The van der Waals surface area contributed by atoms with Gasteiger partial charge in [-0.05, 0) is 79.2 Å². The van der Waals surface area contributed by atoms with Gasteiger partial charge in [-0.1, -0.05) is 0 Å². The van der Waals surface area contributed by atoms with E-state index in [2.05, 4.69) is 30.4 Å². The van der Waals surface area contributed by atoms with E-state index >= 15 is 0 Å². The zero-order valence-electron chi connectivity index (χ0n) is 26.4. The summed E-state index contributed by atoms with van der Waals surface area (Å²) in [4.78, 5) is 41.1. The van der Waals surface area contributed by atoms with Crippen LogP contribution >= 0.6 is 0 Å². The molecule has 0 bridgehead atoms. The van der Waals surface area contributed by atoms with E-state index in [0.29, 0.717) is 59.9 Å². The van der Waals surface area contributed by atoms with E-state index < -0.39 is 18.1 Å². The SMILES string of the molecule is O=C(CN1CCC(OC(F)F)(C(=O)Nc2ccc3[nH]nc(-c4ccc(F)cc4)c3c2)C1)N1CCN(c2ccc(-c3ncccn3)cc2)CC1. The number of hydrogen-bond acceptors (Lipinski definition) is 8. The molecule has 2 fully saturated rings. The molecule has 49 heavy (non-hydrogen) atoms. The number of carbonyl (C=O) groups excluding carboxylic acids is 2. The first-order chi connectivity index (χ1) is 23.8. The number of piperazine rings is 1. The smallest absolute Gasteiger partial charge is 0.346 e. The quantitative estimate of drug-likeness (QED) is 0.230. The fraction of sp³-hybridized carbons (Fsp3) is 0.286. The normalized spacial score (nSPS) is 18.4.